The van der Waals surface area contributed by atoms with Crippen LogP contribution in [0.25, 0.3) is 11.1 Å². The zero-order chi connectivity index (χ0) is 13.6. The Morgan fingerprint density at radius 1 is 0.600 bits per heavy atom. The van der Waals surface area contributed by atoms with Gasteiger partial charge in [0.05, 0.1) is 0 Å². The van der Waals surface area contributed by atoms with Gasteiger partial charge in [0, 0.05) is 17.5 Å². The SMILES string of the molecule is c1ccc(CCc2ccc(-c3ccccc3)cn2)cc1. The molecule has 0 spiro atoms. The largest absolute Gasteiger partial charge is 0.261 e. The van der Waals surface area contributed by atoms with Crippen molar-refractivity contribution in [2.45, 2.75) is 12.8 Å². The van der Waals surface area contributed by atoms with Gasteiger partial charge >= 0.3 is 0 Å². The zero-order valence-corrected chi connectivity index (χ0v) is 11.4. The van der Waals surface area contributed by atoms with E-state index >= 15 is 0 Å². The predicted octanol–water partition coefficient (Wildman–Crippen LogP) is 4.53. The number of pyridine rings is 1. The third kappa shape index (κ3) is 3.12. The molecule has 2 aromatic carbocycles. The van der Waals surface area contributed by atoms with E-state index in [0.717, 1.165) is 18.5 Å². The summed E-state index contributed by atoms with van der Waals surface area (Å²) in [6.45, 7) is 0. The zero-order valence-electron chi connectivity index (χ0n) is 11.4. The minimum absolute atomic E-state index is 0.985. The molecule has 0 atom stereocenters. The maximum absolute atomic E-state index is 4.57. The molecule has 3 aromatic rings. The lowest BCUT2D eigenvalue weighted by molar-refractivity contribution is 0.914. The number of hydrogen-bond donors (Lipinski definition) is 0. The maximum atomic E-state index is 4.57. The first-order valence-electron chi connectivity index (χ1n) is 6.96. The molecule has 0 bridgehead atoms. The van der Waals surface area contributed by atoms with Crippen molar-refractivity contribution in [3.8, 4) is 11.1 Å². The molecule has 0 radical (unpaired) electrons. The van der Waals surface area contributed by atoms with Crippen LogP contribution in [0, 0.1) is 0 Å². The molecule has 0 aliphatic rings. The molecule has 1 nitrogen and oxygen atoms in total. The van der Waals surface area contributed by atoms with Gasteiger partial charge in [0.25, 0.3) is 0 Å². The molecule has 1 heterocycles. The van der Waals surface area contributed by atoms with Crippen LogP contribution in [0.2, 0.25) is 0 Å². The van der Waals surface area contributed by atoms with Crippen molar-refractivity contribution >= 4 is 0 Å². The Balaban J connectivity index is 1.68. The van der Waals surface area contributed by atoms with Gasteiger partial charge in [-0.3, -0.25) is 4.98 Å². The van der Waals surface area contributed by atoms with Crippen LogP contribution < -0.4 is 0 Å². The summed E-state index contributed by atoms with van der Waals surface area (Å²) in [5, 5.41) is 0. The molecule has 0 aliphatic heterocycles. The minimum Gasteiger partial charge on any atom is -0.261 e. The van der Waals surface area contributed by atoms with Gasteiger partial charge in [-0.1, -0.05) is 66.7 Å². The number of nitrogens with zero attached hydrogens (tertiary/aromatic N) is 1. The van der Waals surface area contributed by atoms with E-state index in [2.05, 4.69) is 71.7 Å². The van der Waals surface area contributed by atoms with E-state index < -0.39 is 0 Å². The second-order valence-electron chi connectivity index (χ2n) is 4.89. The van der Waals surface area contributed by atoms with Crippen molar-refractivity contribution < 1.29 is 0 Å². The van der Waals surface area contributed by atoms with Crippen LogP contribution >= 0.6 is 0 Å². The van der Waals surface area contributed by atoms with E-state index in [4.69, 9.17) is 0 Å². The Morgan fingerprint density at radius 2 is 1.30 bits per heavy atom. The summed E-state index contributed by atoms with van der Waals surface area (Å²) in [4.78, 5) is 4.57. The Bertz CT molecular complexity index is 642. The van der Waals surface area contributed by atoms with Gasteiger partial charge < -0.3 is 0 Å². The second-order valence-corrected chi connectivity index (χ2v) is 4.89. The van der Waals surface area contributed by atoms with Crippen molar-refractivity contribution in [2.75, 3.05) is 0 Å². The third-order valence-electron chi connectivity index (χ3n) is 3.44. The van der Waals surface area contributed by atoms with Crippen LogP contribution in [0.4, 0.5) is 0 Å². The number of aryl methyl sites for hydroxylation is 2. The van der Waals surface area contributed by atoms with E-state index in [1.54, 1.807) is 0 Å². The highest BCUT2D eigenvalue weighted by Crippen LogP contribution is 2.18. The maximum Gasteiger partial charge on any atom is 0.0407 e. The Kier molecular flexibility index (Phi) is 3.88. The summed E-state index contributed by atoms with van der Waals surface area (Å²) in [7, 11) is 0. The van der Waals surface area contributed by atoms with Crippen molar-refractivity contribution in [3.63, 3.8) is 0 Å². The van der Waals surface area contributed by atoms with Crippen LogP contribution in [0.15, 0.2) is 79.0 Å². The van der Waals surface area contributed by atoms with Gasteiger partial charge in [-0.25, -0.2) is 0 Å². The summed E-state index contributed by atoms with van der Waals surface area (Å²) in [5.74, 6) is 0. The summed E-state index contributed by atoms with van der Waals surface area (Å²) in [6.07, 6.45) is 3.99. The van der Waals surface area contributed by atoms with Crippen LogP contribution in [-0.4, -0.2) is 4.98 Å². The topological polar surface area (TPSA) is 12.9 Å². The highest BCUT2D eigenvalue weighted by molar-refractivity contribution is 5.62. The van der Waals surface area contributed by atoms with E-state index in [0.29, 0.717) is 0 Å². The van der Waals surface area contributed by atoms with Crippen LogP contribution in [0.1, 0.15) is 11.3 Å². The molecule has 0 amide bonds. The van der Waals surface area contributed by atoms with E-state index in [1.807, 2.05) is 12.3 Å². The molecule has 0 N–H and O–H groups in total. The van der Waals surface area contributed by atoms with Gasteiger partial charge in [0.2, 0.25) is 0 Å². The fourth-order valence-corrected chi connectivity index (χ4v) is 2.29. The number of rotatable bonds is 4. The number of aromatic nitrogens is 1. The van der Waals surface area contributed by atoms with E-state index in [1.165, 1.54) is 16.7 Å². The summed E-state index contributed by atoms with van der Waals surface area (Å²) >= 11 is 0. The summed E-state index contributed by atoms with van der Waals surface area (Å²) in [6, 6.07) is 25.2. The van der Waals surface area contributed by atoms with Crippen molar-refractivity contribution in [1.29, 1.82) is 0 Å². The molecule has 20 heavy (non-hydrogen) atoms. The second kappa shape index (κ2) is 6.16. The summed E-state index contributed by atoms with van der Waals surface area (Å²) < 4.78 is 0. The first-order chi connectivity index (χ1) is 9.92. The molecule has 0 saturated carbocycles. The van der Waals surface area contributed by atoms with Gasteiger partial charge in [0.1, 0.15) is 0 Å². The summed E-state index contributed by atoms with van der Waals surface area (Å²) in [5.41, 5.74) is 4.90. The fourth-order valence-electron chi connectivity index (χ4n) is 2.29. The monoisotopic (exact) mass is 259 g/mol. The molecular formula is C19H17N. The van der Waals surface area contributed by atoms with Gasteiger partial charge in [-0.05, 0) is 30.0 Å². The van der Waals surface area contributed by atoms with Gasteiger partial charge in [-0.15, -0.1) is 0 Å². The average molecular weight is 259 g/mol. The highest BCUT2D eigenvalue weighted by atomic mass is 14.7. The number of hydrogen-bond acceptors (Lipinski definition) is 1. The molecule has 3 rings (SSSR count). The Hall–Kier alpha value is -2.41. The van der Waals surface area contributed by atoms with Crippen molar-refractivity contribution in [1.82, 2.24) is 4.98 Å². The van der Waals surface area contributed by atoms with Crippen LogP contribution in [-0.2, 0) is 12.8 Å². The molecule has 0 saturated heterocycles. The standard InChI is InChI=1S/C19H17N/c1-3-7-16(8-4-1)11-13-19-14-12-18(15-20-19)17-9-5-2-6-10-17/h1-10,12,14-15H,11,13H2. The molecule has 0 fully saturated rings. The first kappa shape index (κ1) is 12.6. The molecule has 1 heteroatoms. The molecule has 1 aromatic heterocycles. The van der Waals surface area contributed by atoms with E-state index in [-0.39, 0.29) is 0 Å². The third-order valence-corrected chi connectivity index (χ3v) is 3.44. The normalized spacial score (nSPS) is 10.4. The quantitative estimate of drug-likeness (QED) is 0.670. The number of benzene rings is 2. The molecular weight excluding hydrogens is 242 g/mol. The van der Waals surface area contributed by atoms with Gasteiger partial charge in [-0.2, -0.15) is 0 Å². The van der Waals surface area contributed by atoms with Crippen molar-refractivity contribution in [2.24, 2.45) is 0 Å². The highest BCUT2D eigenvalue weighted by Gasteiger charge is 1.99. The molecule has 0 unspecified atom stereocenters. The van der Waals surface area contributed by atoms with Crippen LogP contribution in [0.3, 0.4) is 0 Å². The average Bonchev–Trinajstić information content (AvgIpc) is 2.55. The smallest absolute Gasteiger partial charge is 0.0407 e. The van der Waals surface area contributed by atoms with Crippen LogP contribution in [0.5, 0.6) is 0 Å². The molecule has 98 valence electrons. The predicted molar refractivity (Wildman–Crippen MR) is 83.5 cm³/mol. The lowest BCUT2D eigenvalue weighted by atomic mass is 10.1. The van der Waals surface area contributed by atoms with Gasteiger partial charge in [0.15, 0.2) is 0 Å². The lowest BCUT2D eigenvalue weighted by Gasteiger charge is -2.04. The van der Waals surface area contributed by atoms with E-state index in [9.17, 15) is 0 Å². The minimum atomic E-state index is 0.985. The lowest BCUT2D eigenvalue weighted by Crippen LogP contribution is -1.94. The van der Waals surface area contributed by atoms with Crippen molar-refractivity contribution in [3.05, 3.63) is 90.3 Å². The Labute approximate surface area is 119 Å². The fraction of sp³-hybridized carbons (Fsp3) is 0.105. The Morgan fingerprint density at radius 3 is 1.95 bits per heavy atom. The first-order valence-corrected chi connectivity index (χ1v) is 6.96. The molecule has 0 aliphatic carbocycles.